The number of aryl methyl sites for hydroxylation is 1. The summed E-state index contributed by atoms with van der Waals surface area (Å²) < 4.78 is 1.95. The lowest BCUT2D eigenvalue weighted by atomic mass is 9.82. The maximum atomic E-state index is 13.3. The number of rotatable bonds is 3. The van der Waals surface area contributed by atoms with Crippen molar-refractivity contribution in [2.45, 2.75) is 25.2 Å². The maximum Gasteiger partial charge on any atom is 0.233 e. The Morgan fingerprint density at radius 2 is 1.75 bits per heavy atom. The second-order valence-corrected chi connectivity index (χ2v) is 7.24. The van der Waals surface area contributed by atoms with Crippen LogP contribution in [0.4, 0.5) is 5.82 Å². The summed E-state index contributed by atoms with van der Waals surface area (Å²) in [6.07, 6.45) is 4.90. The number of aromatic nitrogens is 2. The van der Waals surface area contributed by atoms with Crippen molar-refractivity contribution in [2.24, 2.45) is 0 Å². The van der Waals surface area contributed by atoms with E-state index in [4.69, 9.17) is 4.98 Å². The first kappa shape index (κ1) is 16.8. The molecule has 1 aliphatic rings. The number of carbonyl (C=O) groups is 1. The van der Waals surface area contributed by atoms with Gasteiger partial charge < -0.3 is 5.32 Å². The van der Waals surface area contributed by atoms with E-state index in [1.54, 1.807) is 0 Å². The van der Waals surface area contributed by atoms with Gasteiger partial charge in [0.25, 0.3) is 0 Å². The Bertz CT molecular complexity index is 1150. The highest BCUT2D eigenvalue weighted by Gasteiger charge is 2.27. The van der Waals surface area contributed by atoms with Crippen LogP contribution in [0.2, 0.25) is 0 Å². The molecule has 0 spiro atoms. The number of amides is 1. The SMILES string of the molecule is O=C(Nc1c(-c2ccccc2)nc2ccccn12)C1CCCc2ccccc21. The largest absolute Gasteiger partial charge is 0.309 e. The lowest BCUT2D eigenvalue weighted by Crippen LogP contribution is -2.25. The number of hydrogen-bond acceptors (Lipinski definition) is 2. The van der Waals surface area contributed by atoms with Crippen molar-refractivity contribution in [1.29, 1.82) is 0 Å². The molecule has 4 aromatic rings. The number of nitrogens with zero attached hydrogens (tertiary/aromatic N) is 2. The van der Waals surface area contributed by atoms with Crippen LogP contribution < -0.4 is 5.32 Å². The fourth-order valence-corrected chi connectivity index (χ4v) is 4.14. The molecule has 1 amide bonds. The third-order valence-electron chi connectivity index (χ3n) is 5.50. The van der Waals surface area contributed by atoms with Crippen molar-refractivity contribution in [1.82, 2.24) is 9.38 Å². The van der Waals surface area contributed by atoms with Gasteiger partial charge in [-0.15, -0.1) is 0 Å². The average molecular weight is 367 g/mol. The zero-order valence-electron chi connectivity index (χ0n) is 15.5. The highest BCUT2D eigenvalue weighted by Crippen LogP contribution is 2.34. The van der Waals surface area contributed by atoms with Gasteiger partial charge in [-0.05, 0) is 42.5 Å². The highest BCUT2D eigenvalue weighted by atomic mass is 16.2. The monoisotopic (exact) mass is 367 g/mol. The highest BCUT2D eigenvalue weighted by molar-refractivity contribution is 5.98. The molecular weight excluding hydrogens is 346 g/mol. The molecule has 4 nitrogen and oxygen atoms in total. The number of anilines is 1. The van der Waals surface area contributed by atoms with Gasteiger partial charge in [0.1, 0.15) is 17.2 Å². The van der Waals surface area contributed by atoms with Crippen LogP contribution in [0, 0.1) is 0 Å². The summed E-state index contributed by atoms with van der Waals surface area (Å²) in [5, 5.41) is 3.20. The molecule has 0 saturated heterocycles. The summed E-state index contributed by atoms with van der Waals surface area (Å²) in [7, 11) is 0. The second kappa shape index (κ2) is 6.97. The van der Waals surface area contributed by atoms with Crippen LogP contribution in [-0.4, -0.2) is 15.3 Å². The summed E-state index contributed by atoms with van der Waals surface area (Å²) in [6.45, 7) is 0. The van der Waals surface area contributed by atoms with E-state index in [1.807, 2.05) is 65.2 Å². The van der Waals surface area contributed by atoms with Crippen LogP contribution >= 0.6 is 0 Å². The molecule has 5 rings (SSSR count). The first-order valence-electron chi connectivity index (χ1n) is 9.72. The molecule has 28 heavy (non-hydrogen) atoms. The molecule has 0 saturated carbocycles. The van der Waals surface area contributed by atoms with Gasteiger partial charge in [-0.2, -0.15) is 0 Å². The smallest absolute Gasteiger partial charge is 0.233 e. The summed E-state index contributed by atoms with van der Waals surface area (Å²) in [4.78, 5) is 18.1. The molecule has 0 bridgehead atoms. The summed E-state index contributed by atoms with van der Waals surface area (Å²) in [5.74, 6) is 0.646. The number of nitrogens with one attached hydrogen (secondary N) is 1. The third-order valence-corrected chi connectivity index (χ3v) is 5.50. The molecule has 2 aromatic heterocycles. The average Bonchev–Trinajstić information content (AvgIpc) is 3.12. The van der Waals surface area contributed by atoms with Crippen molar-refractivity contribution in [2.75, 3.05) is 5.32 Å². The number of fused-ring (bicyclic) bond motifs is 2. The minimum atomic E-state index is -0.122. The third kappa shape index (κ3) is 2.87. The lowest BCUT2D eigenvalue weighted by Gasteiger charge is -2.24. The summed E-state index contributed by atoms with van der Waals surface area (Å²) in [5.41, 5.74) is 5.05. The molecule has 1 aliphatic carbocycles. The van der Waals surface area contributed by atoms with Crippen molar-refractivity contribution in [3.05, 3.63) is 90.1 Å². The van der Waals surface area contributed by atoms with E-state index < -0.39 is 0 Å². The van der Waals surface area contributed by atoms with Gasteiger partial charge in [0.05, 0.1) is 5.92 Å². The zero-order valence-corrected chi connectivity index (χ0v) is 15.5. The Hall–Kier alpha value is -3.40. The van der Waals surface area contributed by atoms with Gasteiger partial charge in [-0.1, -0.05) is 60.7 Å². The quantitative estimate of drug-likeness (QED) is 0.550. The van der Waals surface area contributed by atoms with Gasteiger partial charge in [0, 0.05) is 11.8 Å². The molecule has 1 unspecified atom stereocenters. The van der Waals surface area contributed by atoms with Crippen LogP contribution in [0.5, 0.6) is 0 Å². The molecule has 138 valence electrons. The Labute approximate surface area is 163 Å². The van der Waals surface area contributed by atoms with Crippen LogP contribution in [0.1, 0.15) is 29.9 Å². The van der Waals surface area contributed by atoms with Crippen molar-refractivity contribution in [3.63, 3.8) is 0 Å². The van der Waals surface area contributed by atoms with E-state index in [1.165, 1.54) is 5.56 Å². The number of imidazole rings is 1. The second-order valence-electron chi connectivity index (χ2n) is 7.24. The van der Waals surface area contributed by atoms with Crippen molar-refractivity contribution >= 4 is 17.4 Å². The predicted molar refractivity (Wildman–Crippen MR) is 111 cm³/mol. The number of benzene rings is 2. The molecule has 2 heterocycles. The van der Waals surface area contributed by atoms with Crippen LogP contribution in [0.25, 0.3) is 16.9 Å². The van der Waals surface area contributed by atoms with Crippen LogP contribution in [0.15, 0.2) is 79.0 Å². The summed E-state index contributed by atoms with van der Waals surface area (Å²) in [6, 6.07) is 24.2. The number of pyridine rings is 1. The van der Waals surface area contributed by atoms with Crippen molar-refractivity contribution in [3.8, 4) is 11.3 Å². The normalized spacial score (nSPS) is 15.9. The van der Waals surface area contributed by atoms with Crippen LogP contribution in [0.3, 0.4) is 0 Å². The van der Waals surface area contributed by atoms with Gasteiger partial charge in [-0.25, -0.2) is 4.98 Å². The molecule has 1 N–H and O–H groups in total. The standard InChI is InChI=1S/C24H21N3O/c28-24(20-14-8-12-17-9-4-5-13-19(17)20)26-23-22(18-10-2-1-3-11-18)25-21-15-6-7-16-27(21)23/h1-7,9-11,13,15-16,20H,8,12,14H2,(H,26,28). The van der Waals surface area contributed by atoms with E-state index in [2.05, 4.69) is 23.5 Å². The minimum absolute atomic E-state index is 0.0370. The molecule has 1 atom stereocenters. The lowest BCUT2D eigenvalue weighted by molar-refractivity contribution is -0.117. The molecule has 4 heteroatoms. The number of carbonyl (C=O) groups excluding carboxylic acids is 1. The van der Waals surface area contributed by atoms with E-state index in [0.29, 0.717) is 0 Å². The fourth-order valence-electron chi connectivity index (χ4n) is 4.14. The minimum Gasteiger partial charge on any atom is -0.309 e. The Morgan fingerprint density at radius 3 is 2.64 bits per heavy atom. The number of hydrogen-bond donors (Lipinski definition) is 1. The first-order chi connectivity index (χ1) is 13.8. The van der Waals surface area contributed by atoms with Gasteiger partial charge in [-0.3, -0.25) is 9.20 Å². The zero-order chi connectivity index (χ0) is 18.9. The van der Waals surface area contributed by atoms with E-state index in [-0.39, 0.29) is 11.8 Å². The Kier molecular flexibility index (Phi) is 4.17. The molecule has 0 radical (unpaired) electrons. The van der Waals surface area contributed by atoms with Crippen LogP contribution in [-0.2, 0) is 11.2 Å². The predicted octanol–water partition coefficient (Wildman–Crippen LogP) is 5.06. The maximum absolute atomic E-state index is 13.3. The molecule has 0 fully saturated rings. The topological polar surface area (TPSA) is 46.4 Å². The first-order valence-corrected chi connectivity index (χ1v) is 9.72. The Balaban J connectivity index is 1.56. The van der Waals surface area contributed by atoms with E-state index in [0.717, 1.165) is 47.5 Å². The van der Waals surface area contributed by atoms with Crippen molar-refractivity contribution < 1.29 is 4.79 Å². The molecular formula is C24H21N3O. The van der Waals surface area contributed by atoms with E-state index >= 15 is 0 Å². The van der Waals surface area contributed by atoms with Gasteiger partial charge >= 0.3 is 0 Å². The molecule has 0 aliphatic heterocycles. The fraction of sp³-hybridized carbons (Fsp3) is 0.167. The summed E-state index contributed by atoms with van der Waals surface area (Å²) >= 11 is 0. The molecule has 2 aromatic carbocycles. The van der Waals surface area contributed by atoms with E-state index in [9.17, 15) is 4.79 Å². The van der Waals surface area contributed by atoms with Gasteiger partial charge in [0.2, 0.25) is 5.91 Å². The Morgan fingerprint density at radius 1 is 0.964 bits per heavy atom. The van der Waals surface area contributed by atoms with Gasteiger partial charge in [0.15, 0.2) is 0 Å².